The minimum atomic E-state index is -0.269. The Labute approximate surface area is 106 Å². The lowest BCUT2D eigenvalue weighted by molar-refractivity contribution is 0.102. The van der Waals surface area contributed by atoms with E-state index in [1.807, 2.05) is 12.1 Å². The number of anilines is 1. The average molecular weight is 259 g/mol. The molecule has 0 spiro atoms. The van der Waals surface area contributed by atoms with Gasteiger partial charge in [-0.1, -0.05) is 11.3 Å². The highest BCUT2D eigenvalue weighted by molar-refractivity contribution is 7.21. The maximum Gasteiger partial charge on any atom is 0.277 e. The number of fused-ring (bicyclic) bond motifs is 1. The van der Waals surface area contributed by atoms with E-state index in [4.69, 9.17) is 0 Å². The topological polar surface area (TPSA) is 72.7 Å². The van der Waals surface area contributed by atoms with Crippen molar-refractivity contribution in [3.63, 3.8) is 0 Å². The van der Waals surface area contributed by atoms with Gasteiger partial charge in [0.25, 0.3) is 5.91 Å². The lowest BCUT2D eigenvalue weighted by atomic mass is 10.4. The Morgan fingerprint density at radius 2 is 2.33 bits per heavy atom. The normalized spacial score (nSPS) is 10.7. The van der Waals surface area contributed by atoms with Crippen LogP contribution >= 0.6 is 11.3 Å². The Hall–Kier alpha value is -2.28. The average Bonchev–Trinajstić information content (AvgIpc) is 2.94. The summed E-state index contributed by atoms with van der Waals surface area (Å²) in [5, 5.41) is 7.27. The van der Waals surface area contributed by atoms with Crippen LogP contribution in [-0.4, -0.2) is 25.7 Å². The second kappa shape index (κ2) is 4.19. The van der Waals surface area contributed by atoms with Crippen molar-refractivity contribution in [1.82, 2.24) is 19.7 Å². The van der Waals surface area contributed by atoms with Gasteiger partial charge in [-0.25, -0.2) is 9.97 Å². The summed E-state index contributed by atoms with van der Waals surface area (Å²) < 4.78 is 1.58. The zero-order chi connectivity index (χ0) is 12.5. The molecule has 0 atom stereocenters. The van der Waals surface area contributed by atoms with E-state index in [2.05, 4.69) is 20.4 Å². The molecule has 18 heavy (non-hydrogen) atoms. The molecule has 6 nitrogen and oxygen atoms in total. The zero-order valence-electron chi connectivity index (χ0n) is 9.49. The molecule has 0 fully saturated rings. The number of pyridine rings is 1. The number of amides is 1. The van der Waals surface area contributed by atoms with Gasteiger partial charge in [0.2, 0.25) is 0 Å². The van der Waals surface area contributed by atoms with Gasteiger partial charge in [0.1, 0.15) is 10.3 Å². The lowest BCUT2D eigenvalue weighted by Gasteiger charge is -1.96. The van der Waals surface area contributed by atoms with E-state index in [9.17, 15) is 4.79 Å². The van der Waals surface area contributed by atoms with Gasteiger partial charge in [0.15, 0.2) is 10.8 Å². The Morgan fingerprint density at radius 1 is 1.44 bits per heavy atom. The van der Waals surface area contributed by atoms with Gasteiger partial charge >= 0.3 is 0 Å². The van der Waals surface area contributed by atoms with Crippen LogP contribution in [0.1, 0.15) is 10.5 Å². The van der Waals surface area contributed by atoms with Crippen LogP contribution in [0.5, 0.6) is 0 Å². The first-order valence-electron chi connectivity index (χ1n) is 5.25. The van der Waals surface area contributed by atoms with Crippen molar-refractivity contribution in [3.05, 3.63) is 36.3 Å². The second-order valence-electron chi connectivity index (χ2n) is 3.68. The largest absolute Gasteiger partial charge is 0.296 e. The summed E-state index contributed by atoms with van der Waals surface area (Å²) in [5.74, 6) is -0.269. The molecule has 0 saturated carbocycles. The van der Waals surface area contributed by atoms with Gasteiger partial charge in [0.05, 0.1) is 0 Å². The third-order valence-electron chi connectivity index (χ3n) is 2.33. The molecular formula is C11H9N5OS. The van der Waals surface area contributed by atoms with E-state index in [0.717, 1.165) is 10.3 Å². The maximum atomic E-state index is 11.9. The van der Waals surface area contributed by atoms with E-state index < -0.39 is 0 Å². The van der Waals surface area contributed by atoms with Crippen molar-refractivity contribution in [1.29, 1.82) is 0 Å². The molecule has 0 bridgehead atoms. The third kappa shape index (κ3) is 1.95. The number of carbonyl (C=O) groups excluding carboxylic acids is 1. The molecule has 3 aromatic heterocycles. The highest BCUT2D eigenvalue weighted by Crippen LogP contribution is 2.23. The first kappa shape index (κ1) is 10.8. The standard InChI is InChI=1S/C11H9N5OS/c1-16-6-4-7(15-16)9(17)14-11-13-8-3-2-5-12-10(8)18-11/h2-6H,1H3,(H,13,14,17). The molecule has 3 aromatic rings. The number of rotatable bonds is 2. The Kier molecular flexibility index (Phi) is 2.52. The van der Waals surface area contributed by atoms with E-state index >= 15 is 0 Å². The zero-order valence-corrected chi connectivity index (χ0v) is 10.3. The molecule has 3 heterocycles. The first-order chi connectivity index (χ1) is 8.72. The number of nitrogens with zero attached hydrogens (tertiary/aromatic N) is 4. The molecule has 0 saturated heterocycles. The van der Waals surface area contributed by atoms with Crippen molar-refractivity contribution >= 4 is 32.7 Å². The molecule has 3 rings (SSSR count). The maximum absolute atomic E-state index is 11.9. The monoisotopic (exact) mass is 259 g/mol. The number of aryl methyl sites for hydroxylation is 1. The first-order valence-corrected chi connectivity index (χ1v) is 6.06. The highest BCUT2D eigenvalue weighted by atomic mass is 32.1. The summed E-state index contributed by atoms with van der Waals surface area (Å²) in [4.78, 5) is 21.1. The Balaban J connectivity index is 1.86. The van der Waals surface area contributed by atoms with Crippen LogP contribution in [0.4, 0.5) is 5.13 Å². The van der Waals surface area contributed by atoms with E-state index in [1.165, 1.54) is 11.3 Å². The summed E-state index contributed by atoms with van der Waals surface area (Å²) in [6.07, 6.45) is 3.42. The highest BCUT2D eigenvalue weighted by Gasteiger charge is 2.12. The molecule has 0 aliphatic carbocycles. The fourth-order valence-corrected chi connectivity index (χ4v) is 2.32. The SMILES string of the molecule is Cn1ccc(C(=O)Nc2nc3cccnc3s2)n1. The Bertz CT molecular complexity index is 684. The molecule has 0 radical (unpaired) electrons. The van der Waals surface area contributed by atoms with Gasteiger partial charge in [-0.2, -0.15) is 5.10 Å². The van der Waals surface area contributed by atoms with Gasteiger partial charge in [-0.3, -0.25) is 14.8 Å². The lowest BCUT2D eigenvalue weighted by Crippen LogP contribution is -2.12. The molecule has 7 heteroatoms. The molecule has 1 amide bonds. The Morgan fingerprint density at radius 3 is 3.06 bits per heavy atom. The number of carbonyl (C=O) groups is 1. The van der Waals surface area contributed by atoms with Gasteiger partial charge in [-0.05, 0) is 18.2 Å². The van der Waals surface area contributed by atoms with Crippen molar-refractivity contribution in [2.24, 2.45) is 7.05 Å². The molecule has 0 aromatic carbocycles. The van der Waals surface area contributed by atoms with Gasteiger partial charge in [0, 0.05) is 19.4 Å². The van der Waals surface area contributed by atoms with E-state index in [0.29, 0.717) is 10.8 Å². The molecule has 1 N–H and O–H groups in total. The molecule has 90 valence electrons. The fraction of sp³-hybridized carbons (Fsp3) is 0.0909. The van der Waals surface area contributed by atoms with Crippen molar-refractivity contribution < 1.29 is 4.79 Å². The summed E-state index contributed by atoms with van der Waals surface area (Å²) in [6, 6.07) is 5.32. The number of hydrogen-bond donors (Lipinski definition) is 1. The number of nitrogens with one attached hydrogen (secondary N) is 1. The number of hydrogen-bond acceptors (Lipinski definition) is 5. The smallest absolute Gasteiger partial charge is 0.277 e. The van der Waals surface area contributed by atoms with Crippen LogP contribution in [0, 0.1) is 0 Å². The van der Waals surface area contributed by atoms with Crippen LogP contribution in [0.25, 0.3) is 10.3 Å². The summed E-state index contributed by atoms with van der Waals surface area (Å²) in [6.45, 7) is 0. The number of aromatic nitrogens is 4. The van der Waals surface area contributed by atoms with Crippen LogP contribution < -0.4 is 5.32 Å². The van der Waals surface area contributed by atoms with Crippen molar-refractivity contribution in [2.75, 3.05) is 5.32 Å². The van der Waals surface area contributed by atoms with Gasteiger partial charge < -0.3 is 0 Å². The quantitative estimate of drug-likeness (QED) is 0.760. The van der Waals surface area contributed by atoms with Gasteiger partial charge in [-0.15, -0.1) is 0 Å². The van der Waals surface area contributed by atoms with Crippen molar-refractivity contribution in [3.8, 4) is 0 Å². The number of thiazole rings is 1. The van der Waals surface area contributed by atoms with E-state index in [1.54, 1.807) is 30.2 Å². The summed E-state index contributed by atoms with van der Waals surface area (Å²) in [5.41, 5.74) is 1.14. The second-order valence-corrected chi connectivity index (χ2v) is 4.65. The summed E-state index contributed by atoms with van der Waals surface area (Å²) >= 11 is 1.34. The molecule has 0 aliphatic heterocycles. The molecule has 0 aliphatic rings. The van der Waals surface area contributed by atoms with Crippen molar-refractivity contribution in [2.45, 2.75) is 0 Å². The minimum Gasteiger partial charge on any atom is -0.296 e. The third-order valence-corrected chi connectivity index (χ3v) is 3.23. The minimum absolute atomic E-state index is 0.269. The van der Waals surface area contributed by atoms with Crippen LogP contribution in [0.15, 0.2) is 30.6 Å². The van der Waals surface area contributed by atoms with E-state index in [-0.39, 0.29) is 5.91 Å². The van der Waals surface area contributed by atoms with Crippen LogP contribution in [0.3, 0.4) is 0 Å². The summed E-state index contributed by atoms with van der Waals surface area (Å²) in [7, 11) is 1.76. The van der Waals surface area contributed by atoms with Crippen LogP contribution in [0.2, 0.25) is 0 Å². The fourth-order valence-electron chi connectivity index (χ4n) is 1.52. The molecular weight excluding hydrogens is 250 g/mol. The predicted octanol–water partition coefficient (Wildman–Crippen LogP) is 1.68. The van der Waals surface area contributed by atoms with Crippen LogP contribution in [-0.2, 0) is 7.05 Å². The predicted molar refractivity (Wildman–Crippen MR) is 68.6 cm³/mol. The molecule has 0 unspecified atom stereocenters.